The molecule has 0 spiro atoms. The van der Waals surface area contributed by atoms with Gasteiger partial charge in [-0.05, 0) is 42.6 Å². The maximum Gasteiger partial charge on any atom is 0.269 e. The molecule has 10 heteroatoms. The lowest BCUT2D eigenvalue weighted by molar-refractivity contribution is 0.0977. The third-order valence-corrected chi connectivity index (χ3v) is 3.04. The maximum atomic E-state index is 12.2. The van der Waals surface area contributed by atoms with Gasteiger partial charge in [-0.3, -0.25) is 15.4 Å². The molecule has 0 aliphatic rings. The van der Waals surface area contributed by atoms with E-state index in [1.165, 1.54) is 19.0 Å². The first-order chi connectivity index (χ1) is 11.1. The maximum absolute atomic E-state index is 12.2. The molecule has 2 N–H and O–H groups in total. The number of rotatable bonds is 5. The number of carbonyl (C=O) groups excluding carboxylic acids is 1. The van der Waals surface area contributed by atoms with Gasteiger partial charge in [-0.2, -0.15) is 4.80 Å². The number of aromatic nitrogens is 4. The largest absolute Gasteiger partial charge is 0.493 e. The lowest BCUT2D eigenvalue weighted by atomic mass is 10.2. The summed E-state index contributed by atoms with van der Waals surface area (Å²) in [6.45, 7) is 2.46. The molecule has 23 heavy (non-hydrogen) atoms. The van der Waals surface area contributed by atoms with E-state index in [4.69, 9.17) is 21.7 Å². The summed E-state index contributed by atoms with van der Waals surface area (Å²) in [5.41, 5.74) is 0.372. The van der Waals surface area contributed by atoms with Crippen LogP contribution in [0.3, 0.4) is 0 Å². The third kappa shape index (κ3) is 4.13. The molecule has 0 fully saturated rings. The van der Waals surface area contributed by atoms with Crippen LogP contribution in [0.2, 0.25) is 0 Å². The van der Waals surface area contributed by atoms with Gasteiger partial charge < -0.3 is 9.47 Å². The summed E-state index contributed by atoms with van der Waals surface area (Å²) < 4.78 is 10.3. The van der Waals surface area contributed by atoms with Gasteiger partial charge in [0.25, 0.3) is 11.9 Å². The summed E-state index contributed by atoms with van der Waals surface area (Å²) in [4.78, 5) is 13.6. The van der Waals surface area contributed by atoms with Crippen LogP contribution in [0.15, 0.2) is 18.2 Å². The van der Waals surface area contributed by atoms with E-state index in [9.17, 15) is 4.79 Å². The molecule has 0 aliphatic heterocycles. The van der Waals surface area contributed by atoms with Crippen molar-refractivity contribution in [2.75, 3.05) is 19.5 Å². The Morgan fingerprint density at radius 3 is 2.65 bits per heavy atom. The second kappa shape index (κ2) is 7.49. The predicted molar refractivity (Wildman–Crippen MR) is 86.7 cm³/mol. The summed E-state index contributed by atoms with van der Waals surface area (Å²) in [5.74, 6) is 0.799. The van der Waals surface area contributed by atoms with Gasteiger partial charge in [-0.15, -0.1) is 5.10 Å². The van der Waals surface area contributed by atoms with Crippen molar-refractivity contribution in [3.63, 3.8) is 0 Å². The molecule has 1 aromatic heterocycles. The third-order valence-electron chi connectivity index (χ3n) is 2.83. The number of nitrogens with zero attached hydrogens (tertiary/aromatic N) is 4. The minimum atomic E-state index is -0.397. The highest BCUT2D eigenvalue weighted by Crippen LogP contribution is 2.27. The fraction of sp³-hybridized carbons (Fsp3) is 0.308. The van der Waals surface area contributed by atoms with Gasteiger partial charge in [0.1, 0.15) is 0 Å². The Hall–Kier alpha value is -2.75. The summed E-state index contributed by atoms with van der Waals surface area (Å²) >= 11 is 5.05. The standard InChI is InChI=1S/C13H16N6O3S/c1-4-19-17-12(16-18-19)15-13(23)14-11(20)8-5-6-9(21-2)10(7-8)22-3/h5-7H,4H2,1-3H3,(H2,14,15,17,20,23). The lowest BCUT2D eigenvalue weighted by Gasteiger charge is -2.10. The molecule has 0 saturated carbocycles. The molecule has 1 amide bonds. The zero-order chi connectivity index (χ0) is 16.8. The second-order valence-corrected chi connectivity index (χ2v) is 4.69. The predicted octanol–water partition coefficient (Wildman–Crippen LogP) is 0.837. The number of thiocarbonyl (C=S) groups is 1. The number of hydrogen-bond donors (Lipinski definition) is 2. The first kappa shape index (κ1) is 16.6. The van der Waals surface area contributed by atoms with Crippen LogP contribution >= 0.6 is 12.2 Å². The van der Waals surface area contributed by atoms with E-state index in [0.717, 1.165) is 0 Å². The summed E-state index contributed by atoms with van der Waals surface area (Å²) in [5, 5.41) is 16.8. The monoisotopic (exact) mass is 336 g/mol. The Morgan fingerprint density at radius 1 is 1.30 bits per heavy atom. The zero-order valence-electron chi connectivity index (χ0n) is 12.9. The average Bonchev–Trinajstić information content (AvgIpc) is 3.01. The Morgan fingerprint density at radius 2 is 2.04 bits per heavy atom. The van der Waals surface area contributed by atoms with E-state index in [1.54, 1.807) is 18.2 Å². The van der Waals surface area contributed by atoms with E-state index in [1.807, 2.05) is 6.92 Å². The van der Waals surface area contributed by atoms with Crippen LogP contribution in [0, 0.1) is 0 Å². The van der Waals surface area contributed by atoms with Crippen LogP contribution in [-0.4, -0.2) is 45.4 Å². The molecule has 2 rings (SSSR count). The molecule has 0 aliphatic carbocycles. The van der Waals surface area contributed by atoms with Gasteiger partial charge in [-0.1, -0.05) is 5.10 Å². The highest BCUT2D eigenvalue weighted by Gasteiger charge is 2.13. The van der Waals surface area contributed by atoms with Crippen LogP contribution in [0.4, 0.5) is 5.95 Å². The van der Waals surface area contributed by atoms with E-state index in [2.05, 4.69) is 26.0 Å². The molecule has 0 saturated heterocycles. The average molecular weight is 336 g/mol. The summed E-state index contributed by atoms with van der Waals surface area (Å²) in [6, 6.07) is 4.80. The smallest absolute Gasteiger partial charge is 0.269 e. The molecule has 1 aromatic carbocycles. The number of ether oxygens (including phenoxy) is 2. The van der Waals surface area contributed by atoms with Crippen LogP contribution < -0.4 is 20.1 Å². The van der Waals surface area contributed by atoms with E-state index >= 15 is 0 Å². The van der Waals surface area contributed by atoms with Gasteiger partial charge in [-0.25, -0.2) is 0 Å². The minimum absolute atomic E-state index is 0.0698. The van der Waals surface area contributed by atoms with E-state index in [-0.39, 0.29) is 11.1 Å². The number of tetrazole rings is 1. The van der Waals surface area contributed by atoms with Crippen molar-refractivity contribution in [2.45, 2.75) is 13.5 Å². The zero-order valence-corrected chi connectivity index (χ0v) is 13.7. The quantitative estimate of drug-likeness (QED) is 0.774. The highest BCUT2D eigenvalue weighted by molar-refractivity contribution is 7.80. The minimum Gasteiger partial charge on any atom is -0.493 e. The molecular weight excluding hydrogens is 320 g/mol. The van der Waals surface area contributed by atoms with Crippen LogP contribution in [0.5, 0.6) is 11.5 Å². The first-order valence-electron chi connectivity index (χ1n) is 6.69. The molecule has 1 heterocycles. The molecular formula is C13H16N6O3S. The number of aryl methyl sites for hydroxylation is 1. The van der Waals surface area contributed by atoms with Crippen LogP contribution in [-0.2, 0) is 6.54 Å². The normalized spacial score (nSPS) is 10.0. The lowest BCUT2D eigenvalue weighted by Crippen LogP contribution is -2.34. The molecule has 0 radical (unpaired) electrons. The first-order valence-corrected chi connectivity index (χ1v) is 7.10. The SMILES string of the molecule is CCn1nnc(NC(=S)NC(=O)c2ccc(OC)c(OC)c2)n1. The Bertz CT molecular complexity index is 717. The van der Waals surface area contributed by atoms with E-state index in [0.29, 0.717) is 23.6 Å². The van der Waals surface area contributed by atoms with Crippen molar-refractivity contribution in [2.24, 2.45) is 0 Å². The van der Waals surface area contributed by atoms with Gasteiger partial charge in [0.05, 0.1) is 20.8 Å². The number of amides is 1. The van der Waals surface area contributed by atoms with Crippen LogP contribution in [0.25, 0.3) is 0 Å². The van der Waals surface area contributed by atoms with Gasteiger partial charge in [0.15, 0.2) is 16.6 Å². The van der Waals surface area contributed by atoms with Crippen molar-refractivity contribution in [3.8, 4) is 11.5 Å². The fourth-order valence-electron chi connectivity index (χ4n) is 1.71. The number of methoxy groups -OCH3 is 2. The number of carbonyl (C=O) groups is 1. The van der Waals surface area contributed by atoms with Crippen molar-refractivity contribution >= 4 is 29.2 Å². The topological polar surface area (TPSA) is 103 Å². The number of benzene rings is 1. The van der Waals surface area contributed by atoms with Crippen molar-refractivity contribution in [3.05, 3.63) is 23.8 Å². The Labute approximate surface area is 138 Å². The molecule has 122 valence electrons. The van der Waals surface area contributed by atoms with Gasteiger partial charge >= 0.3 is 0 Å². The molecule has 9 nitrogen and oxygen atoms in total. The van der Waals surface area contributed by atoms with E-state index < -0.39 is 5.91 Å². The molecule has 2 aromatic rings. The van der Waals surface area contributed by atoms with Gasteiger partial charge in [0.2, 0.25) is 0 Å². The van der Waals surface area contributed by atoms with Crippen molar-refractivity contribution in [1.82, 2.24) is 25.5 Å². The van der Waals surface area contributed by atoms with Gasteiger partial charge in [0, 0.05) is 5.56 Å². The van der Waals surface area contributed by atoms with Crippen LogP contribution in [0.1, 0.15) is 17.3 Å². The Kier molecular flexibility index (Phi) is 5.41. The number of hydrogen-bond acceptors (Lipinski definition) is 7. The second-order valence-electron chi connectivity index (χ2n) is 4.28. The molecule has 0 atom stereocenters. The van der Waals surface area contributed by atoms with Crippen molar-refractivity contribution < 1.29 is 14.3 Å². The van der Waals surface area contributed by atoms with Crippen molar-refractivity contribution in [1.29, 1.82) is 0 Å². The highest BCUT2D eigenvalue weighted by atomic mass is 32.1. The molecule has 0 bridgehead atoms. The molecule has 0 unspecified atom stereocenters. The summed E-state index contributed by atoms with van der Waals surface area (Å²) in [7, 11) is 3.02. The summed E-state index contributed by atoms with van der Waals surface area (Å²) in [6.07, 6.45) is 0. The fourth-order valence-corrected chi connectivity index (χ4v) is 1.90. The number of nitrogens with one attached hydrogen (secondary N) is 2. The Balaban J connectivity index is 2.02. The number of anilines is 1.